The van der Waals surface area contributed by atoms with Crippen molar-refractivity contribution >= 4 is 23.6 Å². The van der Waals surface area contributed by atoms with Crippen LogP contribution in [0.5, 0.6) is 0 Å². The van der Waals surface area contributed by atoms with E-state index in [9.17, 15) is 9.59 Å². The molecule has 4 nitrogen and oxygen atoms in total. The van der Waals surface area contributed by atoms with Gasteiger partial charge in [0, 0.05) is 4.90 Å². The molecule has 0 saturated heterocycles. The lowest BCUT2D eigenvalue weighted by Crippen LogP contribution is -2.21. The molecule has 1 amide bonds. The fourth-order valence-corrected chi connectivity index (χ4v) is 2.73. The number of carbonyl (C=O) groups is 2. The van der Waals surface area contributed by atoms with Crippen molar-refractivity contribution in [2.24, 2.45) is 5.73 Å². The van der Waals surface area contributed by atoms with Crippen LogP contribution < -0.4 is 5.73 Å². The summed E-state index contributed by atoms with van der Waals surface area (Å²) in [4.78, 5) is 22.8. The first kappa shape index (κ1) is 13.0. The number of carbonyl (C=O) groups excluding carboxylic acids is 2. The van der Waals surface area contributed by atoms with Crippen molar-refractivity contribution in [3.63, 3.8) is 0 Å². The van der Waals surface area contributed by atoms with Crippen LogP contribution in [0, 0.1) is 0 Å². The molecule has 1 aromatic rings. The van der Waals surface area contributed by atoms with Crippen LogP contribution in [0.4, 0.5) is 0 Å². The summed E-state index contributed by atoms with van der Waals surface area (Å²) in [6.07, 6.45) is 3.49. The van der Waals surface area contributed by atoms with E-state index >= 15 is 0 Å². The minimum absolute atomic E-state index is 0.200. The molecule has 2 N–H and O–H groups in total. The van der Waals surface area contributed by atoms with Crippen molar-refractivity contribution in [2.75, 3.05) is 12.4 Å². The van der Waals surface area contributed by atoms with Crippen molar-refractivity contribution in [3.05, 3.63) is 29.3 Å². The second kappa shape index (κ2) is 5.91. The minimum Gasteiger partial charge on any atom is -0.455 e. The molecule has 2 rings (SSSR count). The molecule has 96 valence electrons. The predicted octanol–water partition coefficient (Wildman–Crippen LogP) is 1.30. The number of rotatable bonds is 5. The Kier molecular flexibility index (Phi) is 4.25. The quantitative estimate of drug-likeness (QED) is 0.643. The van der Waals surface area contributed by atoms with Gasteiger partial charge in [-0.1, -0.05) is 6.07 Å². The lowest BCUT2D eigenvalue weighted by Gasteiger charge is -2.05. The van der Waals surface area contributed by atoms with Gasteiger partial charge in [0.05, 0.1) is 5.75 Å². The van der Waals surface area contributed by atoms with Gasteiger partial charge in [-0.15, -0.1) is 11.8 Å². The summed E-state index contributed by atoms with van der Waals surface area (Å²) in [5.41, 5.74) is 7.68. The van der Waals surface area contributed by atoms with Crippen LogP contribution in [0.1, 0.15) is 17.5 Å². The molecule has 0 bridgehead atoms. The number of ether oxygens (including phenoxy) is 1. The third kappa shape index (κ3) is 3.50. The van der Waals surface area contributed by atoms with Gasteiger partial charge >= 0.3 is 5.97 Å². The topological polar surface area (TPSA) is 69.4 Å². The van der Waals surface area contributed by atoms with Gasteiger partial charge in [0.2, 0.25) is 0 Å². The van der Waals surface area contributed by atoms with Gasteiger partial charge in [0.15, 0.2) is 6.61 Å². The Morgan fingerprint density at radius 3 is 2.83 bits per heavy atom. The van der Waals surface area contributed by atoms with Crippen molar-refractivity contribution in [1.29, 1.82) is 0 Å². The van der Waals surface area contributed by atoms with E-state index in [1.807, 2.05) is 6.07 Å². The summed E-state index contributed by atoms with van der Waals surface area (Å²) < 4.78 is 4.68. The van der Waals surface area contributed by atoms with Gasteiger partial charge in [-0.2, -0.15) is 0 Å². The summed E-state index contributed by atoms with van der Waals surface area (Å²) in [6.45, 7) is -0.344. The Balaban J connectivity index is 1.83. The van der Waals surface area contributed by atoms with Gasteiger partial charge < -0.3 is 10.5 Å². The van der Waals surface area contributed by atoms with E-state index in [4.69, 9.17) is 5.73 Å². The molecule has 0 heterocycles. The van der Waals surface area contributed by atoms with Gasteiger partial charge in [-0.05, 0) is 42.5 Å². The Bertz CT molecular complexity index is 473. The zero-order valence-corrected chi connectivity index (χ0v) is 10.8. The molecule has 18 heavy (non-hydrogen) atoms. The molecule has 0 radical (unpaired) electrons. The highest BCUT2D eigenvalue weighted by atomic mass is 32.2. The Labute approximate surface area is 110 Å². The van der Waals surface area contributed by atoms with E-state index in [2.05, 4.69) is 16.9 Å². The van der Waals surface area contributed by atoms with Crippen LogP contribution >= 0.6 is 11.8 Å². The number of amides is 1. The molecule has 1 aliphatic rings. The molecular formula is C13H15NO3S. The SMILES string of the molecule is NC(=O)COC(=O)CSc1ccc2c(c1)CCC2. The Morgan fingerprint density at radius 2 is 2.06 bits per heavy atom. The zero-order valence-electron chi connectivity index (χ0n) is 9.98. The monoisotopic (exact) mass is 265 g/mol. The first-order valence-corrected chi connectivity index (χ1v) is 6.82. The first-order valence-electron chi connectivity index (χ1n) is 5.83. The largest absolute Gasteiger partial charge is 0.455 e. The molecule has 0 aromatic heterocycles. The third-order valence-electron chi connectivity index (χ3n) is 2.80. The van der Waals surface area contributed by atoms with Crippen molar-refractivity contribution < 1.29 is 14.3 Å². The first-order chi connectivity index (χ1) is 8.65. The smallest absolute Gasteiger partial charge is 0.316 e. The number of hydrogen-bond acceptors (Lipinski definition) is 4. The van der Waals surface area contributed by atoms with Gasteiger partial charge in [-0.3, -0.25) is 9.59 Å². The molecule has 0 unspecified atom stereocenters. The minimum atomic E-state index is -0.633. The number of benzene rings is 1. The highest BCUT2D eigenvalue weighted by Crippen LogP contribution is 2.27. The second-order valence-electron chi connectivity index (χ2n) is 4.20. The van der Waals surface area contributed by atoms with E-state index in [0.717, 1.165) is 17.7 Å². The lowest BCUT2D eigenvalue weighted by atomic mass is 10.1. The number of fused-ring (bicyclic) bond motifs is 1. The van der Waals surface area contributed by atoms with Crippen molar-refractivity contribution in [1.82, 2.24) is 0 Å². The predicted molar refractivity (Wildman–Crippen MR) is 69.3 cm³/mol. The number of aryl methyl sites for hydroxylation is 2. The molecule has 0 spiro atoms. The summed E-state index contributed by atoms with van der Waals surface area (Å²) >= 11 is 1.42. The van der Waals surface area contributed by atoms with E-state index in [0.29, 0.717) is 0 Å². The molecule has 0 fully saturated rings. The van der Waals surface area contributed by atoms with E-state index < -0.39 is 11.9 Å². The highest BCUT2D eigenvalue weighted by molar-refractivity contribution is 8.00. The normalized spacial score (nSPS) is 13.1. The highest BCUT2D eigenvalue weighted by Gasteiger charge is 2.12. The van der Waals surface area contributed by atoms with Gasteiger partial charge in [0.25, 0.3) is 5.91 Å². The Morgan fingerprint density at radius 1 is 1.28 bits per heavy atom. The van der Waals surface area contributed by atoms with Gasteiger partial charge in [-0.25, -0.2) is 0 Å². The summed E-state index contributed by atoms with van der Waals surface area (Å²) in [5, 5.41) is 0. The molecule has 0 atom stereocenters. The van der Waals surface area contributed by atoms with Crippen LogP contribution in [0.2, 0.25) is 0 Å². The van der Waals surface area contributed by atoms with Crippen LogP contribution in [-0.4, -0.2) is 24.2 Å². The molecule has 1 aliphatic carbocycles. The molecule has 0 saturated carbocycles. The van der Waals surface area contributed by atoms with Crippen LogP contribution in [0.15, 0.2) is 23.1 Å². The maximum Gasteiger partial charge on any atom is 0.316 e. The van der Waals surface area contributed by atoms with Crippen LogP contribution in [0.25, 0.3) is 0 Å². The number of thioether (sulfide) groups is 1. The van der Waals surface area contributed by atoms with Crippen LogP contribution in [-0.2, 0) is 27.2 Å². The maximum absolute atomic E-state index is 11.3. The van der Waals surface area contributed by atoms with E-state index in [1.165, 1.54) is 29.3 Å². The zero-order chi connectivity index (χ0) is 13.0. The molecule has 1 aromatic carbocycles. The number of hydrogen-bond donors (Lipinski definition) is 1. The second-order valence-corrected chi connectivity index (χ2v) is 5.25. The summed E-state index contributed by atoms with van der Waals surface area (Å²) in [6, 6.07) is 6.28. The number of esters is 1. The maximum atomic E-state index is 11.3. The van der Waals surface area contributed by atoms with E-state index in [-0.39, 0.29) is 12.4 Å². The van der Waals surface area contributed by atoms with Crippen LogP contribution in [0.3, 0.4) is 0 Å². The summed E-state index contributed by atoms with van der Waals surface area (Å²) in [5.74, 6) is -0.850. The van der Waals surface area contributed by atoms with Gasteiger partial charge in [0.1, 0.15) is 0 Å². The van der Waals surface area contributed by atoms with Crippen molar-refractivity contribution in [3.8, 4) is 0 Å². The average molecular weight is 265 g/mol. The number of nitrogens with two attached hydrogens (primary N) is 1. The standard InChI is InChI=1S/C13H15NO3S/c14-12(15)7-17-13(16)8-18-11-5-4-9-2-1-3-10(9)6-11/h4-6H,1-3,7-8H2,(H2,14,15). The summed E-state index contributed by atoms with van der Waals surface area (Å²) in [7, 11) is 0. The van der Waals surface area contributed by atoms with Crippen molar-refractivity contribution in [2.45, 2.75) is 24.2 Å². The molecule has 0 aliphatic heterocycles. The van der Waals surface area contributed by atoms with E-state index in [1.54, 1.807) is 0 Å². The average Bonchev–Trinajstić information content (AvgIpc) is 2.81. The fraction of sp³-hybridized carbons (Fsp3) is 0.385. The molecular weight excluding hydrogens is 250 g/mol. The lowest BCUT2D eigenvalue weighted by molar-refractivity contribution is -0.145. The number of primary amides is 1. The Hall–Kier alpha value is -1.49. The fourth-order valence-electron chi connectivity index (χ4n) is 1.97. The molecule has 5 heteroatoms. The third-order valence-corrected chi connectivity index (χ3v) is 3.77.